The van der Waals surface area contributed by atoms with Crippen LogP contribution in [0.5, 0.6) is 0 Å². The smallest absolute Gasteiger partial charge is 0.226 e. The van der Waals surface area contributed by atoms with E-state index in [1.165, 1.54) is 44.1 Å². The zero-order chi connectivity index (χ0) is 18.4. The summed E-state index contributed by atoms with van der Waals surface area (Å²) < 4.78 is 0. The average molecular weight is 410 g/mol. The van der Waals surface area contributed by atoms with Crippen molar-refractivity contribution in [2.75, 3.05) is 18.1 Å². The van der Waals surface area contributed by atoms with Gasteiger partial charge < -0.3 is 10.2 Å². The van der Waals surface area contributed by atoms with Crippen LogP contribution in [-0.4, -0.2) is 40.9 Å². The summed E-state index contributed by atoms with van der Waals surface area (Å²) in [5, 5.41) is 4.17. The van der Waals surface area contributed by atoms with E-state index in [0.717, 1.165) is 23.0 Å². The van der Waals surface area contributed by atoms with Gasteiger partial charge in [-0.25, -0.2) is 0 Å². The Bertz CT molecular complexity index is 629. The Labute approximate surface area is 174 Å². The zero-order valence-corrected chi connectivity index (χ0v) is 18.1. The second-order valence-electron chi connectivity index (χ2n) is 7.48. The number of benzene rings is 1. The predicted octanol–water partition coefficient (Wildman–Crippen LogP) is 5.13. The number of amidine groups is 1. The summed E-state index contributed by atoms with van der Waals surface area (Å²) >= 11 is 1.80. The Morgan fingerprint density at radius 2 is 1.96 bits per heavy atom. The first kappa shape index (κ1) is 22.1. The van der Waals surface area contributed by atoms with Crippen molar-refractivity contribution < 1.29 is 4.79 Å². The molecule has 150 valence electrons. The number of nitrogens with one attached hydrogen (secondary N) is 1. The molecule has 0 bridgehead atoms. The van der Waals surface area contributed by atoms with Crippen molar-refractivity contribution in [3.63, 3.8) is 0 Å². The van der Waals surface area contributed by atoms with E-state index in [0.29, 0.717) is 12.5 Å². The lowest BCUT2D eigenvalue weighted by Crippen LogP contribution is -2.34. The third-order valence-electron chi connectivity index (χ3n) is 5.35. The maximum Gasteiger partial charge on any atom is 0.226 e. The maximum absolute atomic E-state index is 12.4. The van der Waals surface area contributed by atoms with E-state index in [1.54, 1.807) is 11.8 Å². The van der Waals surface area contributed by atoms with E-state index in [9.17, 15) is 4.79 Å². The van der Waals surface area contributed by atoms with Gasteiger partial charge >= 0.3 is 0 Å². The highest BCUT2D eigenvalue weighted by atomic mass is 35.5. The molecule has 2 fully saturated rings. The van der Waals surface area contributed by atoms with Crippen molar-refractivity contribution in [3.05, 3.63) is 29.8 Å². The third kappa shape index (κ3) is 6.42. The monoisotopic (exact) mass is 409 g/mol. The lowest BCUT2D eigenvalue weighted by Gasteiger charge is -2.21. The molecule has 1 saturated heterocycles. The number of carbonyl (C=O) groups is 1. The van der Waals surface area contributed by atoms with Crippen molar-refractivity contribution in [2.24, 2.45) is 4.99 Å². The molecule has 0 radical (unpaired) electrons. The molecule has 1 atom stereocenters. The van der Waals surface area contributed by atoms with Gasteiger partial charge in [-0.1, -0.05) is 50.1 Å². The molecule has 1 amide bonds. The fraction of sp³-hybridized carbons (Fsp3) is 0.619. The number of hydrogen-bond acceptors (Lipinski definition) is 3. The van der Waals surface area contributed by atoms with Crippen LogP contribution in [0.25, 0.3) is 0 Å². The number of carbonyl (C=O) groups excluding carboxylic acids is 1. The number of thioether (sulfide) groups is 1. The number of aliphatic imine (C=N–C) groups is 1. The van der Waals surface area contributed by atoms with E-state index in [4.69, 9.17) is 4.99 Å². The molecular formula is C21H32ClN3OS. The Balaban J connectivity index is 0.00000261. The quantitative estimate of drug-likeness (QED) is 0.679. The van der Waals surface area contributed by atoms with E-state index < -0.39 is 0 Å². The topological polar surface area (TPSA) is 44.7 Å². The lowest BCUT2D eigenvalue weighted by atomic mass is 10.1. The molecule has 0 spiro atoms. The van der Waals surface area contributed by atoms with Gasteiger partial charge in [-0.2, -0.15) is 0 Å². The van der Waals surface area contributed by atoms with Crippen LogP contribution in [0, 0.1) is 0 Å². The third-order valence-corrected chi connectivity index (χ3v) is 6.55. The molecule has 1 saturated carbocycles. The standard InChI is InChI=1S/C21H31N3OS.ClH/c1-3-4-7-16-10-12-18(13-11-16)22-20(25)14-19-15-26-21(24(19)2)23-17-8-5-6-9-17;/h10-13,17,19H,3-9,14-15H2,1-2H3,(H,22,25);1H/b23-21-;. The number of amides is 1. The molecule has 0 aromatic heterocycles. The van der Waals surface area contributed by atoms with Gasteiger partial charge in [0.05, 0.1) is 6.04 Å². The molecule has 1 aliphatic carbocycles. The van der Waals surface area contributed by atoms with Crippen LogP contribution in [0.2, 0.25) is 0 Å². The van der Waals surface area contributed by atoms with Crippen molar-refractivity contribution in [3.8, 4) is 0 Å². The second-order valence-corrected chi connectivity index (χ2v) is 8.47. The first-order chi connectivity index (χ1) is 12.7. The highest BCUT2D eigenvalue weighted by molar-refractivity contribution is 8.14. The van der Waals surface area contributed by atoms with Crippen molar-refractivity contribution in [1.82, 2.24) is 4.90 Å². The highest BCUT2D eigenvalue weighted by Gasteiger charge is 2.30. The Kier molecular flexibility index (Phi) is 8.97. The molecule has 1 aromatic rings. The fourth-order valence-corrected chi connectivity index (χ4v) is 4.88. The minimum absolute atomic E-state index is 0. The second kappa shape index (κ2) is 11.0. The van der Waals surface area contributed by atoms with E-state index >= 15 is 0 Å². The summed E-state index contributed by atoms with van der Waals surface area (Å²) in [4.78, 5) is 19.5. The van der Waals surface area contributed by atoms with E-state index in [-0.39, 0.29) is 24.4 Å². The largest absolute Gasteiger partial charge is 0.350 e. The van der Waals surface area contributed by atoms with Crippen LogP contribution in [0.15, 0.2) is 29.3 Å². The minimum Gasteiger partial charge on any atom is -0.350 e. The van der Waals surface area contributed by atoms with Gasteiger partial charge in [0, 0.05) is 31.0 Å². The van der Waals surface area contributed by atoms with Crippen molar-refractivity contribution >= 4 is 40.9 Å². The summed E-state index contributed by atoms with van der Waals surface area (Å²) in [5.41, 5.74) is 2.23. The number of hydrogen-bond donors (Lipinski definition) is 1. The Morgan fingerprint density at radius 1 is 1.26 bits per heavy atom. The molecule has 1 heterocycles. The van der Waals surface area contributed by atoms with Crippen LogP contribution in [0.1, 0.15) is 57.4 Å². The molecule has 1 aromatic carbocycles. The van der Waals surface area contributed by atoms with Crippen LogP contribution in [-0.2, 0) is 11.2 Å². The van der Waals surface area contributed by atoms with Gasteiger partial charge in [0.15, 0.2) is 5.17 Å². The summed E-state index contributed by atoms with van der Waals surface area (Å²) in [6.45, 7) is 2.21. The van der Waals surface area contributed by atoms with E-state index in [2.05, 4.69) is 36.3 Å². The van der Waals surface area contributed by atoms with Crippen LogP contribution in [0.3, 0.4) is 0 Å². The first-order valence-electron chi connectivity index (χ1n) is 9.98. The molecule has 1 aliphatic heterocycles. The first-order valence-corrected chi connectivity index (χ1v) is 11.0. The number of halogens is 1. The number of aryl methyl sites for hydroxylation is 1. The molecular weight excluding hydrogens is 378 g/mol. The predicted molar refractivity (Wildman–Crippen MR) is 119 cm³/mol. The van der Waals surface area contributed by atoms with Gasteiger partial charge in [-0.05, 0) is 43.4 Å². The molecule has 3 rings (SSSR count). The maximum atomic E-state index is 12.4. The summed E-state index contributed by atoms with van der Waals surface area (Å²) in [6, 6.07) is 9.01. The summed E-state index contributed by atoms with van der Waals surface area (Å²) in [6.07, 6.45) is 9.09. The van der Waals surface area contributed by atoms with E-state index in [1.807, 2.05) is 12.1 Å². The number of rotatable bonds is 7. The Hall–Kier alpha value is -1.20. The highest BCUT2D eigenvalue weighted by Crippen LogP contribution is 2.28. The zero-order valence-electron chi connectivity index (χ0n) is 16.4. The normalized spacial score (nSPS) is 21.5. The molecule has 6 heteroatoms. The van der Waals surface area contributed by atoms with Gasteiger partial charge in [0.25, 0.3) is 0 Å². The number of unbranched alkanes of at least 4 members (excludes halogenated alkanes) is 1. The Morgan fingerprint density at radius 3 is 2.63 bits per heavy atom. The average Bonchev–Trinajstić information content (AvgIpc) is 3.27. The fourth-order valence-electron chi connectivity index (χ4n) is 3.62. The summed E-state index contributed by atoms with van der Waals surface area (Å²) in [5.74, 6) is 1.04. The molecule has 4 nitrogen and oxygen atoms in total. The van der Waals surface area contributed by atoms with Gasteiger partial charge in [0.2, 0.25) is 5.91 Å². The molecule has 1 N–H and O–H groups in total. The number of nitrogens with zero attached hydrogens (tertiary/aromatic N) is 2. The SMILES string of the molecule is CCCCc1ccc(NC(=O)CC2CS/C(=N\C3CCCC3)N2C)cc1.Cl. The number of anilines is 1. The van der Waals surface area contributed by atoms with Gasteiger partial charge in [-0.15, -0.1) is 12.4 Å². The van der Waals surface area contributed by atoms with Crippen LogP contribution >= 0.6 is 24.2 Å². The minimum atomic E-state index is 0. The van der Waals surface area contributed by atoms with Crippen LogP contribution < -0.4 is 5.32 Å². The van der Waals surface area contributed by atoms with Gasteiger partial charge in [0.1, 0.15) is 0 Å². The molecule has 2 aliphatic rings. The van der Waals surface area contributed by atoms with Gasteiger partial charge in [-0.3, -0.25) is 9.79 Å². The molecule has 1 unspecified atom stereocenters. The molecule has 27 heavy (non-hydrogen) atoms. The van der Waals surface area contributed by atoms with Crippen LogP contribution in [0.4, 0.5) is 5.69 Å². The lowest BCUT2D eigenvalue weighted by molar-refractivity contribution is -0.116. The van der Waals surface area contributed by atoms with Crippen molar-refractivity contribution in [2.45, 2.75) is 70.4 Å². The summed E-state index contributed by atoms with van der Waals surface area (Å²) in [7, 11) is 2.08. The van der Waals surface area contributed by atoms with Crippen molar-refractivity contribution in [1.29, 1.82) is 0 Å².